The van der Waals surface area contributed by atoms with E-state index in [4.69, 9.17) is 12.2 Å². The number of likely N-dealkylation sites (tertiary alicyclic amines) is 1. The molecule has 1 atom stereocenters. The van der Waals surface area contributed by atoms with Gasteiger partial charge >= 0.3 is 0 Å². The standard InChI is InChI=1S/C6H12NPS2/c8-10-6(9)7-4-2-1-3-5-7/h1-5,8H2. The van der Waals surface area contributed by atoms with Gasteiger partial charge in [0.1, 0.15) is 4.32 Å². The van der Waals surface area contributed by atoms with E-state index in [2.05, 4.69) is 13.3 Å². The van der Waals surface area contributed by atoms with Gasteiger partial charge in [0.05, 0.1) is 0 Å². The van der Waals surface area contributed by atoms with E-state index in [0.717, 1.165) is 4.32 Å². The fourth-order valence-corrected chi connectivity index (χ4v) is 2.11. The van der Waals surface area contributed by atoms with Crippen LogP contribution in [0.1, 0.15) is 19.3 Å². The smallest absolute Gasteiger partial charge is 0.140 e. The molecule has 1 nitrogen and oxygen atoms in total. The van der Waals surface area contributed by atoms with Gasteiger partial charge in [0.2, 0.25) is 0 Å². The highest BCUT2D eigenvalue weighted by atomic mass is 32.7. The molecular weight excluding hydrogens is 181 g/mol. The van der Waals surface area contributed by atoms with Crippen LogP contribution in [0.2, 0.25) is 0 Å². The van der Waals surface area contributed by atoms with Crippen molar-refractivity contribution in [3.63, 3.8) is 0 Å². The number of hydrogen-bond donors (Lipinski definition) is 0. The summed E-state index contributed by atoms with van der Waals surface area (Å²) in [7, 11) is 2.60. The van der Waals surface area contributed by atoms with Gasteiger partial charge in [-0.2, -0.15) is 0 Å². The second kappa shape index (κ2) is 4.53. The Morgan fingerprint density at radius 3 is 2.40 bits per heavy atom. The summed E-state index contributed by atoms with van der Waals surface area (Å²) < 4.78 is 1.03. The Morgan fingerprint density at radius 1 is 1.30 bits per heavy atom. The molecular formula is C6H12NPS2. The molecule has 0 amide bonds. The molecule has 0 aromatic carbocycles. The molecule has 0 spiro atoms. The van der Waals surface area contributed by atoms with E-state index in [1.807, 2.05) is 0 Å². The predicted molar refractivity (Wildman–Crippen MR) is 55.3 cm³/mol. The zero-order chi connectivity index (χ0) is 7.40. The van der Waals surface area contributed by atoms with Crippen molar-refractivity contribution in [3.05, 3.63) is 0 Å². The number of nitrogens with zero attached hydrogens (tertiary/aromatic N) is 1. The number of rotatable bonds is 0. The summed E-state index contributed by atoms with van der Waals surface area (Å²) in [5.74, 6) is 0. The fourth-order valence-electron chi connectivity index (χ4n) is 1.15. The van der Waals surface area contributed by atoms with Gasteiger partial charge in [-0.3, -0.25) is 0 Å². The lowest BCUT2D eigenvalue weighted by Crippen LogP contribution is -2.32. The van der Waals surface area contributed by atoms with Crippen LogP contribution in [0.15, 0.2) is 0 Å². The summed E-state index contributed by atoms with van der Waals surface area (Å²) in [5, 5.41) is 0. The van der Waals surface area contributed by atoms with Crippen LogP contribution in [0.3, 0.4) is 0 Å². The highest BCUT2D eigenvalue weighted by Gasteiger charge is 2.11. The molecule has 0 radical (unpaired) electrons. The molecule has 0 bridgehead atoms. The molecule has 58 valence electrons. The summed E-state index contributed by atoms with van der Waals surface area (Å²) in [6, 6.07) is 0. The molecule has 1 aliphatic heterocycles. The van der Waals surface area contributed by atoms with Crippen molar-refractivity contribution < 1.29 is 0 Å². The summed E-state index contributed by atoms with van der Waals surface area (Å²) in [4.78, 5) is 2.29. The molecule has 1 fully saturated rings. The highest BCUT2D eigenvalue weighted by Crippen LogP contribution is 2.20. The van der Waals surface area contributed by atoms with Crippen LogP contribution in [0.5, 0.6) is 0 Å². The maximum atomic E-state index is 5.14. The minimum absolute atomic E-state index is 1.03. The van der Waals surface area contributed by atoms with Gasteiger partial charge in [0, 0.05) is 13.1 Å². The fraction of sp³-hybridized carbons (Fsp3) is 0.833. The maximum absolute atomic E-state index is 5.14. The largest absolute Gasteiger partial charge is 0.357 e. The zero-order valence-electron chi connectivity index (χ0n) is 5.88. The van der Waals surface area contributed by atoms with Crippen LogP contribution in [0.4, 0.5) is 0 Å². The third-order valence-electron chi connectivity index (χ3n) is 1.72. The molecule has 1 heterocycles. The molecule has 0 aliphatic carbocycles. The van der Waals surface area contributed by atoms with Crippen molar-refractivity contribution in [1.82, 2.24) is 4.90 Å². The lowest BCUT2D eigenvalue weighted by atomic mass is 10.1. The van der Waals surface area contributed by atoms with E-state index in [0.29, 0.717) is 0 Å². The predicted octanol–water partition coefficient (Wildman–Crippen LogP) is 2.28. The van der Waals surface area contributed by atoms with Crippen LogP contribution in [0.25, 0.3) is 0 Å². The Bertz CT molecular complexity index is 123. The van der Waals surface area contributed by atoms with Gasteiger partial charge in [0.25, 0.3) is 0 Å². The Balaban J connectivity index is 2.31. The molecule has 1 saturated heterocycles. The van der Waals surface area contributed by atoms with Crippen LogP contribution >= 0.6 is 32.0 Å². The van der Waals surface area contributed by atoms with Gasteiger partial charge < -0.3 is 4.90 Å². The Morgan fingerprint density at radius 2 is 1.90 bits per heavy atom. The van der Waals surface area contributed by atoms with Crippen molar-refractivity contribution in [2.75, 3.05) is 13.1 Å². The molecule has 1 aliphatic rings. The first-order valence-corrected chi connectivity index (χ1v) is 6.20. The molecule has 0 aromatic heterocycles. The third kappa shape index (κ3) is 2.37. The maximum Gasteiger partial charge on any atom is 0.140 e. The first-order chi connectivity index (χ1) is 4.84. The Hall–Kier alpha value is 0.670. The number of hydrogen-bond acceptors (Lipinski definition) is 2. The van der Waals surface area contributed by atoms with Crippen molar-refractivity contribution in [3.8, 4) is 0 Å². The second-order valence-corrected chi connectivity index (χ2v) is 4.41. The Kier molecular flexibility index (Phi) is 3.97. The van der Waals surface area contributed by atoms with E-state index in [1.54, 1.807) is 11.4 Å². The number of thiocarbonyl (C=S) groups is 1. The van der Waals surface area contributed by atoms with Gasteiger partial charge in [-0.25, -0.2) is 0 Å². The molecule has 1 rings (SSSR count). The van der Waals surface area contributed by atoms with Crippen molar-refractivity contribution >= 4 is 36.4 Å². The first kappa shape index (κ1) is 8.76. The lowest BCUT2D eigenvalue weighted by molar-refractivity contribution is 0.352. The van der Waals surface area contributed by atoms with Crippen LogP contribution in [-0.4, -0.2) is 22.3 Å². The van der Waals surface area contributed by atoms with Gasteiger partial charge in [0.15, 0.2) is 0 Å². The Labute approximate surface area is 73.9 Å². The van der Waals surface area contributed by atoms with E-state index in [9.17, 15) is 0 Å². The van der Waals surface area contributed by atoms with Crippen LogP contribution in [-0.2, 0) is 0 Å². The molecule has 0 saturated carbocycles. The third-order valence-corrected chi connectivity index (χ3v) is 3.90. The summed E-state index contributed by atoms with van der Waals surface area (Å²) in [6.45, 7) is 2.33. The lowest BCUT2D eigenvalue weighted by Gasteiger charge is -2.27. The van der Waals surface area contributed by atoms with E-state index in [-0.39, 0.29) is 0 Å². The topological polar surface area (TPSA) is 3.24 Å². The first-order valence-electron chi connectivity index (χ1n) is 3.50. The van der Waals surface area contributed by atoms with Gasteiger partial charge in [-0.15, -0.1) is 0 Å². The minimum Gasteiger partial charge on any atom is -0.357 e. The quantitative estimate of drug-likeness (QED) is 0.429. The van der Waals surface area contributed by atoms with Crippen molar-refractivity contribution in [2.45, 2.75) is 19.3 Å². The van der Waals surface area contributed by atoms with Crippen LogP contribution in [0, 0.1) is 0 Å². The van der Waals surface area contributed by atoms with Crippen molar-refractivity contribution in [1.29, 1.82) is 0 Å². The average molecular weight is 193 g/mol. The molecule has 4 heteroatoms. The molecule has 10 heavy (non-hydrogen) atoms. The summed E-state index contributed by atoms with van der Waals surface area (Å²) >= 11 is 6.75. The highest BCUT2D eigenvalue weighted by molar-refractivity contribution is 8.55. The summed E-state index contributed by atoms with van der Waals surface area (Å²) in [6.07, 6.45) is 4.00. The van der Waals surface area contributed by atoms with E-state index >= 15 is 0 Å². The normalized spacial score (nSPS) is 19.1. The molecule has 0 N–H and O–H groups in total. The summed E-state index contributed by atoms with van der Waals surface area (Å²) in [5.41, 5.74) is 0. The zero-order valence-corrected chi connectivity index (χ0v) is 8.66. The monoisotopic (exact) mass is 193 g/mol. The second-order valence-electron chi connectivity index (χ2n) is 2.43. The average Bonchev–Trinajstić information content (AvgIpc) is 2.05. The number of piperidine rings is 1. The van der Waals surface area contributed by atoms with E-state index < -0.39 is 0 Å². The van der Waals surface area contributed by atoms with Gasteiger partial charge in [-0.05, 0) is 19.3 Å². The molecule has 1 unspecified atom stereocenters. The van der Waals surface area contributed by atoms with Crippen LogP contribution < -0.4 is 0 Å². The van der Waals surface area contributed by atoms with Gasteiger partial charge in [-0.1, -0.05) is 32.0 Å². The van der Waals surface area contributed by atoms with Crippen molar-refractivity contribution in [2.24, 2.45) is 0 Å². The minimum atomic E-state index is 1.03. The molecule has 0 aromatic rings. The SMILES string of the molecule is PSC(=S)N1CCCCC1. The van der Waals surface area contributed by atoms with E-state index in [1.165, 1.54) is 32.4 Å².